The molecule has 47 heavy (non-hydrogen) atoms. The summed E-state index contributed by atoms with van der Waals surface area (Å²) in [6.45, 7) is 4.82. The average molecular weight is 597 g/mol. The van der Waals surface area contributed by atoms with Crippen molar-refractivity contribution in [3.63, 3.8) is 0 Å². The predicted molar refractivity (Wildman–Crippen MR) is 199 cm³/mol. The monoisotopic (exact) mass is 596 g/mol. The van der Waals surface area contributed by atoms with Crippen molar-refractivity contribution >= 4 is 37.9 Å². The Morgan fingerprint density at radius 3 is 1.91 bits per heavy atom. The Labute approximate surface area is 275 Å². The smallest absolute Gasteiger partial charge is 0.0205 e. The van der Waals surface area contributed by atoms with Crippen molar-refractivity contribution in [2.45, 2.75) is 19.3 Å². The van der Waals surface area contributed by atoms with E-state index >= 15 is 0 Å². The molecule has 2 atom stereocenters. The average Bonchev–Trinajstić information content (AvgIpc) is 3.34. The van der Waals surface area contributed by atoms with Crippen LogP contribution in [-0.4, -0.2) is 0 Å². The Kier molecular flexibility index (Phi) is 4.85. The number of rotatable bonds is 2. The summed E-state index contributed by atoms with van der Waals surface area (Å²) >= 11 is 0. The van der Waals surface area contributed by atoms with Crippen molar-refractivity contribution in [2.75, 3.05) is 0 Å². The molecule has 0 fully saturated rings. The van der Waals surface area contributed by atoms with E-state index in [0.29, 0.717) is 11.8 Å². The number of hydrogen-bond acceptors (Lipinski definition) is 0. The predicted octanol–water partition coefficient (Wildman–Crippen LogP) is 12.0. The van der Waals surface area contributed by atoms with Crippen LogP contribution in [0.25, 0.3) is 60.1 Å². The van der Waals surface area contributed by atoms with Crippen LogP contribution in [-0.2, 0) is 5.41 Å². The summed E-state index contributed by atoms with van der Waals surface area (Å²) in [6.07, 6.45) is 20.9. The molecule has 6 aromatic carbocycles. The first-order chi connectivity index (χ1) is 23.0. The zero-order valence-corrected chi connectivity index (χ0v) is 26.5. The van der Waals surface area contributed by atoms with E-state index in [4.69, 9.17) is 0 Å². The van der Waals surface area contributed by atoms with Crippen molar-refractivity contribution < 1.29 is 0 Å². The van der Waals surface area contributed by atoms with Crippen LogP contribution >= 0.6 is 0 Å². The topological polar surface area (TPSA) is 0 Å². The normalized spacial score (nSPS) is 21.2. The van der Waals surface area contributed by atoms with Gasteiger partial charge in [-0.25, -0.2) is 0 Å². The van der Waals surface area contributed by atoms with E-state index in [0.717, 1.165) is 0 Å². The maximum Gasteiger partial charge on any atom is 0.0205 e. The highest BCUT2D eigenvalue weighted by Crippen LogP contribution is 2.54. The highest BCUT2D eigenvalue weighted by molar-refractivity contribution is 6.25. The van der Waals surface area contributed by atoms with E-state index in [9.17, 15) is 0 Å². The van der Waals surface area contributed by atoms with Crippen molar-refractivity contribution in [3.05, 3.63) is 185 Å². The minimum Gasteiger partial charge on any atom is -0.0617 e. The summed E-state index contributed by atoms with van der Waals surface area (Å²) in [7, 11) is 0. The van der Waals surface area contributed by atoms with Gasteiger partial charge in [-0.2, -0.15) is 0 Å². The minimum absolute atomic E-state index is 0.109. The third-order valence-electron chi connectivity index (χ3n) is 11.8. The molecule has 11 rings (SSSR count). The molecule has 0 bridgehead atoms. The Morgan fingerprint density at radius 1 is 0.489 bits per heavy atom. The van der Waals surface area contributed by atoms with Crippen LogP contribution in [0, 0.1) is 11.8 Å². The first-order valence-electron chi connectivity index (χ1n) is 16.9. The second kappa shape index (κ2) is 8.87. The molecule has 5 aliphatic carbocycles. The first-order valence-corrected chi connectivity index (χ1v) is 16.9. The van der Waals surface area contributed by atoms with E-state index < -0.39 is 0 Å². The highest BCUT2D eigenvalue weighted by atomic mass is 14.4. The van der Waals surface area contributed by atoms with Crippen LogP contribution < -0.4 is 0 Å². The van der Waals surface area contributed by atoms with E-state index in [1.54, 1.807) is 0 Å². The van der Waals surface area contributed by atoms with Gasteiger partial charge >= 0.3 is 0 Å². The molecule has 0 spiro atoms. The molecule has 0 radical (unpaired) electrons. The van der Waals surface area contributed by atoms with Gasteiger partial charge in [0.2, 0.25) is 0 Å². The van der Waals surface area contributed by atoms with Crippen LogP contribution in [0.1, 0.15) is 30.5 Å². The Morgan fingerprint density at radius 2 is 1.11 bits per heavy atom. The van der Waals surface area contributed by atoms with E-state index in [1.165, 1.54) is 99.1 Å². The van der Waals surface area contributed by atoms with Gasteiger partial charge in [-0.1, -0.05) is 147 Å². The largest absolute Gasteiger partial charge is 0.0617 e. The SMILES string of the molecule is CC1(C)c2cc(C3=C4C=CC5=CC=CC6=CC=C(C=C3)C4C56)ccc2-c2ccc(-c3ccc4ccc5cccc6ccc3c4c56)cc21. The summed E-state index contributed by atoms with van der Waals surface area (Å²) in [5, 5.41) is 8.02. The Hall–Kier alpha value is -5.46. The van der Waals surface area contributed by atoms with Crippen molar-refractivity contribution in [3.8, 4) is 22.3 Å². The molecule has 220 valence electrons. The van der Waals surface area contributed by atoms with Crippen molar-refractivity contribution in [1.82, 2.24) is 0 Å². The van der Waals surface area contributed by atoms with Crippen LogP contribution in [0.15, 0.2) is 168 Å². The fraction of sp³-hybridized carbons (Fsp3) is 0.106. The molecule has 0 aliphatic heterocycles. The van der Waals surface area contributed by atoms with E-state index in [1.807, 2.05) is 0 Å². The van der Waals surface area contributed by atoms with Gasteiger partial charge in [-0.3, -0.25) is 0 Å². The number of fused-ring (bicyclic) bond motifs is 3. The van der Waals surface area contributed by atoms with Crippen molar-refractivity contribution in [1.29, 1.82) is 0 Å². The third-order valence-corrected chi connectivity index (χ3v) is 11.8. The number of allylic oxidation sites excluding steroid dienone is 14. The zero-order valence-electron chi connectivity index (χ0n) is 26.5. The molecule has 0 N–H and O–H groups in total. The lowest BCUT2D eigenvalue weighted by Gasteiger charge is -2.40. The molecule has 0 saturated heterocycles. The molecule has 2 unspecified atom stereocenters. The Bertz CT molecular complexity index is 2620. The molecule has 0 saturated carbocycles. The van der Waals surface area contributed by atoms with Gasteiger partial charge in [-0.05, 0) is 111 Å². The zero-order chi connectivity index (χ0) is 31.0. The quantitative estimate of drug-likeness (QED) is 0.174. The lowest BCUT2D eigenvalue weighted by molar-refractivity contribution is 0.566. The number of hydrogen-bond donors (Lipinski definition) is 0. The second-order valence-corrected chi connectivity index (χ2v) is 14.5. The fourth-order valence-electron chi connectivity index (χ4n) is 9.53. The lowest BCUT2D eigenvalue weighted by Crippen LogP contribution is -2.29. The van der Waals surface area contributed by atoms with Crippen LogP contribution in [0.5, 0.6) is 0 Å². The molecule has 5 aliphatic rings. The summed E-state index contributed by atoms with van der Waals surface area (Å²) in [6, 6.07) is 34.9. The highest BCUT2D eigenvalue weighted by Gasteiger charge is 2.40. The van der Waals surface area contributed by atoms with Crippen LogP contribution in [0.3, 0.4) is 0 Å². The van der Waals surface area contributed by atoms with E-state index in [2.05, 4.69) is 160 Å². The standard InChI is InChI=1S/C47H32/c1-47(2)41-25-33(35-19-13-31-11-9-27-5-3-7-29-15-23-39(35)45(31)43(27)29)17-21-37(41)38-22-18-34(26-42(38)47)36-20-14-32-12-10-28-6-4-8-30-16-24-40(36)46(32)44(28)30/h3-26,43,45H,1-2H3. The molecular weight excluding hydrogens is 565 g/mol. The van der Waals surface area contributed by atoms with Gasteiger partial charge in [0.05, 0.1) is 0 Å². The summed E-state index contributed by atoms with van der Waals surface area (Å²) in [4.78, 5) is 0. The summed E-state index contributed by atoms with van der Waals surface area (Å²) in [5.41, 5.74) is 16.5. The lowest BCUT2D eigenvalue weighted by atomic mass is 9.63. The first kappa shape index (κ1) is 25.7. The van der Waals surface area contributed by atoms with Gasteiger partial charge in [0.15, 0.2) is 0 Å². The van der Waals surface area contributed by atoms with Gasteiger partial charge in [0.25, 0.3) is 0 Å². The molecule has 0 nitrogen and oxygen atoms in total. The Balaban J connectivity index is 1.04. The molecule has 6 aromatic rings. The second-order valence-electron chi connectivity index (χ2n) is 14.5. The van der Waals surface area contributed by atoms with Crippen LogP contribution in [0.2, 0.25) is 0 Å². The summed E-state index contributed by atoms with van der Waals surface area (Å²) in [5.74, 6) is 0.815. The maximum atomic E-state index is 2.49. The molecule has 0 heteroatoms. The van der Waals surface area contributed by atoms with Gasteiger partial charge in [0.1, 0.15) is 0 Å². The molecule has 0 aromatic heterocycles. The minimum atomic E-state index is -0.109. The van der Waals surface area contributed by atoms with Gasteiger partial charge in [0, 0.05) is 17.3 Å². The third kappa shape index (κ3) is 3.33. The molecule has 0 amide bonds. The number of benzene rings is 6. The van der Waals surface area contributed by atoms with E-state index in [-0.39, 0.29) is 5.41 Å². The van der Waals surface area contributed by atoms with Gasteiger partial charge < -0.3 is 0 Å². The molecule has 0 heterocycles. The maximum absolute atomic E-state index is 2.49. The van der Waals surface area contributed by atoms with Gasteiger partial charge in [-0.15, -0.1) is 0 Å². The van der Waals surface area contributed by atoms with Crippen LogP contribution in [0.4, 0.5) is 0 Å². The van der Waals surface area contributed by atoms with Crippen molar-refractivity contribution in [2.24, 2.45) is 11.8 Å². The fourth-order valence-corrected chi connectivity index (χ4v) is 9.53. The molecular formula is C47H32. The summed E-state index contributed by atoms with van der Waals surface area (Å²) < 4.78 is 0.